The fourth-order valence-electron chi connectivity index (χ4n) is 3.69. The van der Waals surface area contributed by atoms with Crippen LogP contribution in [0.2, 0.25) is 0 Å². The normalized spacial score (nSPS) is 15.4. The number of rotatable bonds is 7. The lowest BCUT2D eigenvalue weighted by Crippen LogP contribution is -2.47. The summed E-state index contributed by atoms with van der Waals surface area (Å²) in [5.41, 5.74) is 2.66. The van der Waals surface area contributed by atoms with Crippen molar-refractivity contribution in [2.24, 2.45) is 5.41 Å². The molecule has 0 saturated carbocycles. The van der Waals surface area contributed by atoms with E-state index in [4.69, 9.17) is 9.47 Å². The maximum absolute atomic E-state index is 13.0. The predicted molar refractivity (Wildman–Crippen MR) is 110 cm³/mol. The SMILES string of the molecule is COC(=O)CNC(=O)C1(Cc2cccc(-c3ccc(OC)cc3)c2)CCOCC1. The summed E-state index contributed by atoms with van der Waals surface area (Å²) in [6, 6.07) is 16.1. The highest BCUT2D eigenvalue weighted by Gasteiger charge is 2.40. The molecule has 1 N–H and O–H groups in total. The van der Waals surface area contributed by atoms with Gasteiger partial charge in [-0.3, -0.25) is 9.59 Å². The van der Waals surface area contributed by atoms with Gasteiger partial charge in [-0.25, -0.2) is 0 Å². The fraction of sp³-hybridized carbons (Fsp3) is 0.391. The van der Waals surface area contributed by atoms with Gasteiger partial charge in [-0.2, -0.15) is 0 Å². The van der Waals surface area contributed by atoms with Gasteiger partial charge in [0.15, 0.2) is 0 Å². The van der Waals surface area contributed by atoms with Crippen LogP contribution in [0.4, 0.5) is 0 Å². The van der Waals surface area contributed by atoms with Gasteiger partial charge in [-0.05, 0) is 48.1 Å². The summed E-state index contributed by atoms with van der Waals surface area (Å²) in [5.74, 6) is 0.233. The van der Waals surface area contributed by atoms with Gasteiger partial charge in [-0.15, -0.1) is 0 Å². The van der Waals surface area contributed by atoms with Crippen LogP contribution in [-0.2, 0) is 25.5 Å². The number of hydrogen-bond acceptors (Lipinski definition) is 5. The highest BCUT2D eigenvalue weighted by atomic mass is 16.5. The van der Waals surface area contributed by atoms with Crippen LogP contribution in [0.3, 0.4) is 0 Å². The Balaban J connectivity index is 1.80. The Morgan fingerprint density at radius 2 is 1.76 bits per heavy atom. The zero-order valence-corrected chi connectivity index (χ0v) is 16.9. The number of carbonyl (C=O) groups excluding carboxylic acids is 2. The number of amides is 1. The van der Waals surface area contributed by atoms with Crippen LogP contribution >= 0.6 is 0 Å². The van der Waals surface area contributed by atoms with E-state index in [1.54, 1.807) is 7.11 Å². The van der Waals surface area contributed by atoms with E-state index < -0.39 is 11.4 Å². The lowest BCUT2D eigenvalue weighted by atomic mass is 9.74. The van der Waals surface area contributed by atoms with Crippen molar-refractivity contribution >= 4 is 11.9 Å². The van der Waals surface area contributed by atoms with Gasteiger partial charge in [0.1, 0.15) is 12.3 Å². The molecule has 6 heteroatoms. The Kier molecular flexibility index (Phi) is 6.88. The minimum Gasteiger partial charge on any atom is -0.497 e. The Bertz CT molecular complexity index is 841. The maximum Gasteiger partial charge on any atom is 0.325 e. The molecule has 29 heavy (non-hydrogen) atoms. The first-order valence-corrected chi connectivity index (χ1v) is 9.72. The first-order valence-electron chi connectivity index (χ1n) is 9.72. The molecule has 1 heterocycles. The third-order valence-electron chi connectivity index (χ3n) is 5.45. The molecule has 1 aliphatic rings. The van der Waals surface area contributed by atoms with Crippen molar-refractivity contribution < 1.29 is 23.8 Å². The van der Waals surface area contributed by atoms with Crippen LogP contribution in [0.15, 0.2) is 48.5 Å². The van der Waals surface area contributed by atoms with Crippen LogP contribution in [0.5, 0.6) is 5.75 Å². The lowest BCUT2D eigenvalue weighted by Gasteiger charge is -2.36. The number of benzene rings is 2. The van der Waals surface area contributed by atoms with Gasteiger partial charge in [0.05, 0.1) is 19.6 Å². The molecule has 1 aliphatic heterocycles. The van der Waals surface area contributed by atoms with E-state index >= 15 is 0 Å². The van der Waals surface area contributed by atoms with Gasteiger partial charge in [-0.1, -0.05) is 36.4 Å². The maximum atomic E-state index is 13.0. The van der Waals surface area contributed by atoms with Crippen molar-refractivity contribution in [1.82, 2.24) is 5.32 Å². The summed E-state index contributed by atoms with van der Waals surface area (Å²) in [5, 5.41) is 2.74. The molecule has 0 atom stereocenters. The average Bonchev–Trinajstić information content (AvgIpc) is 2.78. The monoisotopic (exact) mass is 397 g/mol. The average molecular weight is 397 g/mol. The second-order valence-corrected chi connectivity index (χ2v) is 7.26. The predicted octanol–water partition coefficient (Wildman–Crippen LogP) is 2.99. The second kappa shape index (κ2) is 9.56. The smallest absolute Gasteiger partial charge is 0.325 e. The second-order valence-electron chi connectivity index (χ2n) is 7.26. The Hall–Kier alpha value is -2.86. The Morgan fingerprint density at radius 1 is 1.03 bits per heavy atom. The molecular weight excluding hydrogens is 370 g/mol. The van der Waals surface area contributed by atoms with Gasteiger partial charge in [0, 0.05) is 13.2 Å². The van der Waals surface area contributed by atoms with Crippen molar-refractivity contribution in [3.05, 3.63) is 54.1 Å². The molecule has 154 valence electrons. The molecule has 0 aliphatic carbocycles. The van der Waals surface area contributed by atoms with Crippen molar-refractivity contribution in [1.29, 1.82) is 0 Å². The zero-order chi connectivity index (χ0) is 20.7. The zero-order valence-electron chi connectivity index (χ0n) is 16.9. The number of carbonyl (C=O) groups is 2. The Morgan fingerprint density at radius 3 is 2.41 bits per heavy atom. The quantitative estimate of drug-likeness (QED) is 0.727. The van der Waals surface area contributed by atoms with Crippen LogP contribution < -0.4 is 10.1 Å². The molecule has 2 aromatic rings. The van der Waals surface area contributed by atoms with E-state index in [1.165, 1.54) is 7.11 Å². The Labute approximate surface area is 171 Å². The van der Waals surface area contributed by atoms with Crippen LogP contribution in [0, 0.1) is 5.41 Å². The lowest BCUT2D eigenvalue weighted by molar-refractivity contribution is -0.144. The first-order chi connectivity index (χ1) is 14.1. The van der Waals surface area contributed by atoms with E-state index in [-0.39, 0.29) is 12.5 Å². The van der Waals surface area contributed by atoms with Crippen LogP contribution in [-0.4, -0.2) is 45.9 Å². The van der Waals surface area contributed by atoms with Crippen molar-refractivity contribution in [3.63, 3.8) is 0 Å². The van der Waals surface area contributed by atoms with Gasteiger partial charge >= 0.3 is 5.97 Å². The minimum absolute atomic E-state index is 0.121. The molecule has 0 spiro atoms. The molecule has 0 unspecified atom stereocenters. The summed E-state index contributed by atoms with van der Waals surface area (Å²) >= 11 is 0. The number of nitrogens with one attached hydrogen (secondary N) is 1. The van der Waals surface area contributed by atoms with Crippen molar-refractivity contribution in [3.8, 4) is 16.9 Å². The highest BCUT2D eigenvalue weighted by Crippen LogP contribution is 2.35. The highest BCUT2D eigenvalue weighted by molar-refractivity contribution is 5.86. The summed E-state index contributed by atoms with van der Waals surface area (Å²) < 4.78 is 15.4. The number of methoxy groups -OCH3 is 2. The van der Waals surface area contributed by atoms with Crippen molar-refractivity contribution in [2.45, 2.75) is 19.3 Å². The van der Waals surface area contributed by atoms with Gasteiger partial charge < -0.3 is 19.5 Å². The largest absolute Gasteiger partial charge is 0.497 e. The topological polar surface area (TPSA) is 73.9 Å². The molecule has 0 aromatic heterocycles. The third kappa shape index (κ3) is 5.15. The van der Waals surface area contributed by atoms with Crippen molar-refractivity contribution in [2.75, 3.05) is 34.0 Å². The summed E-state index contributed by atoms with van der Waals surface area (Å²) in [4.78, 5) is 24.4. The molecule has 6 nitrogen and oxygen atoms in total. The van der Waals surface area contributed by atoms with E-state index in [2.05, 4.69) is 22.2 Å². The van der Waals surface area contributed by atoms with E-state index in [1.807, 2.05) is 36.4 Å². The van der Waals surface area contributed by atoms with E-state index in [0.29, 0.717) is 32.5 Å². The molecule has 0 bridgehead atoms. The summed E-state index contributed by atoms with van der Waals surface area (Å²) in [6.45, 7) is 0.942. The third-order valence-corrected chi connectivity index (χ3v) is 5.45. The van der Waals surface area contributed by atoms with E-state index in [0.717, 1.165) is 22.4 Å². The molecule has 2 aromatic carbocycles. The summed E-state index contributed by atoms with van der Waals surface area (Å²) in [7, 11) is 2.96. The first kappa shape index (κ1) is 20.9. The standard InChI is InChI=1S/C23H27NO5/c1-27-20-8-6-18(7-9-20)19-5-3-4-17(14-19)15-23(10-12-29-13-11-23)22(26)24-16-21(25)28-2/h3-9,14H,10-13,15-16H2,1-2H3,(H,24,26). The van der Waals surface area contributed by atoms with Crippen LogP contribution in [0.1, 0.15) is 18.4 Å². The number of esters is 1. The number of ether oxygens (including phenoxy) is 3. The molecular formula is C23H27NO5. The van der Waals surface area contributed by atoms with Crippen LogP contribution in [0.25, 0.3) is 11.1 Å². The molecule has 1 amide bonds. The van der Waals surface area contributed by atoms with Gasteiger partial charge in [0.25, 0.3) is 0 Å². The summed E-state index contributed by atoms with van der Waals surface area (Å²) in [6.07, 6.45) is 1.83. The van der Waals surface area contributed by atoms with E-state index in [9.17, 15) is 9.59 Å². The molecule has 1 fully saturated rings. The molecule has 1 saturated heterocycles. The fourth-order valence-corrected chi connectivity index (χ4v) is 3.69. The minimum atomic E-state index is -0.592. The van der Waals surface area contributed by atoms with Gasteiger partial charge in [0.2, 0.25) is 5.91 Å². The molecule has 3 rings (SSSR count). The number of hydrogen-bond donors (Lipinski definition) is 1. The molecule has 0 radical (unpaired) electrons.